The minimum atomic E-state index is -0.103. The highest BCUT2D eigenvalue weighted by Gasteiger charge is 2.31. The van der Waals surface area contributed by atoms with Gasteiger partial charge in [-0.15, -0.1) is 0 Å². The molecule has 3 rings (SSSR count). The molecule has 0 aliphatic carbocycles. The zero-order valence-corrected chi connectivity index (χ0v) is 17.8. The largest absolute Gasteiger partial charge is 0.508 e. The van der Waals surface area contributed by atoms with Crippen LogP contribution in [0.2, 0.25) is 0 Å². The first-order chi connectivity index (χ1) is 13.9. The lowest BCUT2D eigenvalue weighted by atomic mass is 10.1. The van der Waals surface area contributed by atoms with E-state index in [1.807, 2.05) is 48.2 Å². The van der Waals surface area contributed by atoms with Crippen molar-refractivity contribution >= 4 is 46.2 Å². The molecule has 1 aliphatic rings. The van der Waals surface area contributed by atoms with Gasteiger partial charge < -0.3 is 15.0 Å². The summed E-state index contributed by atoms with van der Waals surface area (Å²) < 4.78 is 2.47. The van der Waals surface area contributed by atoms with Crippen LogP contribution in [0.4, 0.5) is 0 Å². The summed E-state index contributed by atoms with van der Waals surface area (Å²) in [6.07, 6.45) is 5.35. The number of thioether (sulfide) groups is 1. The summed E-state index contributed by atoms with van der Waals surface area (Å²) >= 11 is 6.63. The first kappa shape index (κ1) is 21.1. The molecule has 0 spiro atoms. The number of carbonyl (C=O) groups is 2. The van der Waals surface area contributed by atoms with Gasteiger partial charge in [0, 0.05) is 38.4 Å². The van der Waals surface area contributed by atoms with E-state index in [0.29, 0.717) is 41.6 Å². The van der Waals surface area contributed by atoms with Gasteiger partial charge in [-0.25, -0.2) is 0 Å². The van der Waals surface area contributed by atoms with Crippen LogP contribution < -0.4 is 5.32 Å². The molecular weight excluding hydrogens is 406 g/mol. The maximum Gasteiger partial charge on any atom is 0.266 e. The van der Waals surface area contributed by atoms with Crippen molar-refractivity contribution in [3.05, 3.63) is 58.8 Å². The van der Waals surface area contributed by atoms with Crippen molar-refractivity contribution in [1.82, 2.24) is 14.8 Å². The van der Waals surface area contributed by atoms with Crippen LogP contribution in [0.1, 0.15) is 24.1 Å². The highest BCUT2D eigenvalue weighted by Crippen LogP contribution is 2.32. The monoisotopic (exact) mass is 429 g/mol. The third-order valence-electron chi connectivity index (χ3n) is 4.59. The highest BCUT2D eigenvalue weighted by molar-refractivity contribution is 8.26. The second kappa shape index (κ2) is 9.76. The fraction of sp³-hybridized carbons (Fsp3) is 0.286. The zero-order valence-electron chi connectivity index (χ0n) is 16.1. The second-order valence-corrected chi connectivity index (χ2v) is 8.42. The number of thiocarbonyl (C=S) groups is 1. The van der Waals surface area contributed by atoms with E-state index in [2.05, 4.69) is 5.32 Å². The van der Waals surface area contributed by atoms with Crippen molar-refractivity contribution in [1.29, 1.82) is 0 Å². The summed E-state index contributed by atoms with van der Waals surface area (Å²) in [5, 5.41) is 12.2. The van der Waals surface area contributed by atoms with Crippen LogP contribution in [0.5, 0.6) is 5.75 Å². The molecule has 0 radical (unpaired) electrons. The van der Waals surface area contributed by atoms with Crippen LogP contribution >= 0.6 is 24.0 Å². The molecule has 8 heteroatoms. The van der Waals surface area contributed by atoms with Crippen molar-refractivity contribution < 1.29 is 14.7 Å². The van der Waals surface area contributed by atoms with Crippen molar-refractivity contribution in [2.45, 2.75) is 19.3 Å². The van der Waals surface area contributed by atoms with E-state index in [1.165, 1.54) is 11.8 Å². The Labute approximate surface area is 179 Å². The van der Waals surface area contributed by atoms with Gasteiger partial charge in [0.25, 0.3) is 5.91 Å². The number of aromatic hydroxyl groups is 1. The van der Waals surface area contributed by atoms with E-state index in [0.717, 1.165) is 11.3 Å². The Hall–Kier alpha value is -2.58. The standard InChI is InChI=1S/C21H23N3O3S2/c1-23-12-2-4-16(23)14-18-20(27)24(21(28)29-18)13-3-5-19(26)22-11-10-15-6-8-17(25)9-7-15/h2,4,6-9,12,14,25H,3,5,10-11,13H2,1H3,(H,22,26). The van der Waals surface area contributed by atoms with Crippen LogP contribution in [-0.4, -0.2) is 43.8 Å². The summed E-state index contributed by atoms with van der Waals surface area (Å²) in [6, 6.07) is 10.8. The Kier molecular flexibility index (Phi) is 7.11. The number of benzene rings is 1. The van der Waals surface area contributed by atoms with E-state index >= 15 is 0 Å². The van der Waals surface area contributed by atoms with Gasteiger partial charge in [0.15, 0.2) is 0 Å². The summed E-state index contributed by atoms with van der Waals surface area (Å²) in [7, 11) is 1.92. The van der Waals surface area contributed by atoms with Crippen LogP contribution in [0.25, 0.3) is 6.08 Å². The molecule has 0 bridgehead atoms. The number of phenolic OH excluding ortho intramolecular Hbond substituents is 1. The molecule has 2 heterocycles. The van der Waals surface area contributed by atoms with Crippen LogP contribution in [-0.2, 0) is 23.1 Å². The van der Waals surface area contributed by atoms with Gasteiger partial charge in [-0.3, -0.25) is 14.5 Å². The van der Waals surface area contributed by atoms with Gasteiger partial charge in [0.05, 0.1) is 4.91 Å². The molecule has 6 nitrogen and oxygen atoms in total. The number of rotatable bonds is 8. The van der Waals surface area contributed by atoms with Crippen molar-refractivity contribution in [3.63, 3.8) is 0 Å². The number of aryl methyl sites for hydroxylation is 1. The molecule has 0 saturated carbocycles. The van der Waals surface area contributed by atoms with Gasteiger partial charge in [-0.1, -0.05) is 36.1 Å². The lowest BCUT2D eigenvalue weighted by Crippen LogP contribution is -2.31. The lowest BCUT2D eigenvalue weighted by Gasteiger charge is -2.14. The molecule has 0 unspecified atom stereocenters. The number of amides is 2. The molecule has 2 amide bonds. The number of hydrogen-bond acceptors (Lipinski definition) is 5. The number of carbonyl (C=O) groups excluding carboxylic acids is 2. The molecule has 1 aliphatic heterocycles. The number of nitrogens with zero attached hydrogens (tertiary/aromatic N) is 2. The van der Waals surface area contributed by atoms with E-state index in [1.54, 1.807) is 17.0 Å². The van der Waals surface area contributed by atoms with E-state index in [4.69, 9.17) is 12.2 Å². The lowest BCUT2D eigenvalue weighted by molar-refractivity contribution is -0.123. The number of nitrogens with one attached hydrogen (secondary N) is 1. The maximum absolute atomic E-state index is 12.6. The van der Waals surface area contributed by atoms with Gasteiger partial charge in [-0.2, -0.15) is 0 Å². The van der Waals surface area contributed by atoms with Gasteiger partial charge in [-0.05, 0) is 48.7 Å². The van der Waals surface area contributed by atoms with Gasteiger partial charge in [0.1, 0.15) is 10.1 Å². The summed E-state index contributed by atoms with van der Waals surface area (Å²) in [5.74, 6) is 0.0782. The molecule has 1 saturated heterocycles. The van der Waals surface area contributed by atoms with Gasteiger partial charge in [0.2, 0.25) is 5.91 Å². The van der Waals surface area contributed by atoms with Crippen LogP contribution in [0.3, 0.4) is 0 Å². The fourth-order valence-corrected chi connectivity index (χ4v) is 4.24. The normalized spacial score (nSPS) is 15.3. The minimum absolute atomic E-state index is 0.0476. The van der Waals surface area contributed by atoms with E-state index in [-0.39, 0.29) is 17.6 Å². The molecule has 29 heavy (non-hydrogen) atoms. The minimum Gasteiger partial charge on any atom is -0.508 e. The van der Waals surface area contributed by atoms with Crippen LogP contribution in [0, 0.1) is 0 Å². The Morgan fingerprint density at radius 1 is 1.28 bits per heavy atom. The molecule has 1 aromatic carbocycles. The molecule has 1 fully saturated rings. The summed E-state index contributed by atoms with van der Waals surface area (Å²) in [4.78, 5) is 26.8. The molecule has 152 valence electrons. The van der Waals surface area contributed by atoms with E-state index in [9.17, 15) is 14.7 Å². The molecule has 1 aromatic heterocycles. The Balaban J connectivity index is 1.41. The average molecular weight is 430 g/mol. The zero-order chi connectivity index (χ0) is 20.8. The van der Waals surface area contributed by atoms with Gasteiger partial charge >= 0.3 is 0 Å². The number of aromatic nitrogens is 1. The predicted molar refractivity (Wildman–Crippen MR) is 119 cm³/mol. The molecular formula is C21H23N3O3S2. The molecule has 0 atom stereocenters. The molecule has 2 aromatic rings. The number of phenols is 1. The quantitative estimate of drug-likeness (QED) is 0.498. The Morgan fingerprint density at radius 2 is 2.03 bits per heavy atom. The topological polar surface area (TPSA) is 74.6 Å². The third-order valence-corrected chi connectivity index (χ3v) is 5.97. The summed E-state index contributed by atoms with van der Waals surface area (Å²) in [6.45, 7) is 0.963. The first-order valence-corrected chi connectivity index (χ1v) is 10.6. The Morgan fingerprint density at radius 3 is 2.72 bits per heavy atom. The smallest absolute Gasteiger partial charge is 0.266 e. The van der Waals surface area contributed by atoms with Crippen molar-refractivity contribution in [3.8, 4) is 5.75 Å². The maximum atomic E-state index is 12.6. The summed E-state index contributed by atoms with van der Waals surface area (Å²) in [5.41, 5.74) is 1.99. The number of hydrogen-bond donors (Lipinski definition) is 2. The van der Waals surface area contributed by atoms with E-state index < -0.39 is 0 Å². The SMILES string of the molecule is Cn1cccc1C=C1SC(=S)N(CCCC(=O)NCCc2ccc(O)cc2)C1=O. The first-order valence-electron chi connectivity index (χ1n) is 9.35. The highest BCUT2D eigenvalue weighted by atomic mass is 32.2. The van der Waals surface area contributed by atoms with Crippen LogP contribution in [0.15, 0.2) is 47.5 Å². The van der Waals surface area contributed by atoms with Crippen molar-refractivity contribution in [2.75, 3.05) is 13.1 Å². The van der Waals surface area contributed by atoms with Crippen molar-refractivity contribution in [2.24, 2.45) is 7.05 Å². The molecule has 2 N–H and O–H groups in total. The Bertz CT molecular complexity index is 935. The third kappa shape index (κ3) is 5.71. The predicted octanol–water partition coefficient (Wildman–Crippen LogP) is 3.07. The second-order valence-electron chi connectivity index (χ2n) is 6.75. The average Bonchev–Trinajstić information content (AvgIpc) is 3.21. The fourth-order valence-electron chi connectivity index (χ4n) is 2.95.